The predicted molar refractivity (Wildman–Crippen MR) is 102 cm³/mol. The van der Waals surface area contributed by atoms with E-state index >= 15 is 0 Å². The molecule has 0 aliphatic rings. The van der Waals surface area contributed by atoms with Crippen LogP contribution in [0.2, 0.25) is 0 Å². The highest BCUT2D eigenvalue weighted by Crippen LogP contribution is 2.16. The molecule has 0 aliphatic carbocycles. The molecule has 0 aromatic heterocycles. The summed E-state index contributed by atoms with van der Waals surface area (Å²) >= 11 is 0. The van der Waals surface area contributed by atoms with Crippen LogP contribution in [-0.4, -0.2) is 38.1 Å². The molecule has 1 N–H and O–H groups in total. The van der Waals surface area contributed by atoms with Gasteiger partial charge in [0.1, 0.15) is 5.75 Å². The van der Waals surface area contributed by atoms with E-state index in [1.807, 2.05) is 68.7 Å². The highest BCUT2D eigenvalue weighted by molar-refractivity contribution is 5.94. The second-order valence-corrected chi connectivity index (χ2v) is 6.43. The molecule has 0 unspecified atom stereocenters. The monoisotopic (exact) mass is 340 g/mol. The standard InChI is InChI=1S/C21H28N2O2/c1-4-5-15-25-19-13-11-18(12-14-19)21(24)22-20(16-23(2)3)17-9-7-6-8-10-17/h6-14,20H,4-5,15-16H2,1-3H3,(H,22,24)/t20-/m0/s1. The van der Waals surface area contributed by atoms with Gasteiger partial charge in [-0.15, -0.1) is 0 Å². The number of ether oxygens (including phenoxy) is 1. The van der Waals surface area contributed by atoms with Crippen LogP contribution < -0.4 is 10.1 Å². The second kappa shape index (κ2) is 9.84. The largest absolute Gasteiger partial charge is 0.494 e. The lowest BCUT2D eigenvalue weighted by molar-refractivity contribution is 0.0930. The normalized spacial score (nSPS) is 12.0. The Kier molecular flexibility index (Phi) is 7.48. The Morgan fingerprint density at radius 1 is 1.08 bits per heavy atom. The smallest absolute Gasteiger partial charge is 0.251 e. The van der Waals surface area contributed by atoms with Gasteiger partial charge in [0.2, 0.25) is 0 Å². The number of carbonyl (C=O) groups is 1. The Labute approximate surface area is 150 Å². The molecule has 0 fully saturated rings. The molecule has 1 amide bonds. The van der Waals surface area contributed by atoms with Gasteiger partial charge in [-0.05, 0) is 50.3 Å². The van der Waals surface area contributed by atoms with E-state index < -0.39 is 0 Å². The van der Waals surface area contributed by atoms with Crippen LogP contribution in [0.15, 0.2) is 54.6 Å². The summed E-state index contributed by atoms with van der Waals surface area (Å²) in [6.07, 6.45) is 2.14. The summed E-state index contributed by atoms with van der Waals surface area (Å²) in [6, 6.07) is 17.3. The molecule has 25 heavy (non-hydrogen) atoms. The maximum Gasteiger partial charge on any atom is 0.251 e. The summed E-state index contributed by atoms with van der Waals surface area (Å²) in [4.78, 5) is 14.7. The van der Waals surface area contributed by atoms with Gasteiger partial charge in [-0.2, -0.15) is 0 Å². The second-order valence-electron chi connectivity index (χ2n) is 6.43. The number of nitrogens with one attached hydrogen (secondary N) is 1. The van der Waals surface area contributed by atoms with E-state index in [0.29, 0.717) is 12.2 Å². The number of likely N-dealkylation sites (N-methyl/N-ethyl adjacent to an activating group) is 1. The summed E-state index contributed by atoms with van der Waals surface area (Å²) in [5.74, 6) is 0.730. The van der Waals surface area contributed by atoms with E-state index in [4.69, 9.17) is 4.74 Å². The maximum atomic E-state index is 12.6. The average Bonchev–Trinajstić information content (AvgIpc) is 2.62. The van der Waals surface area contributed by atoms with E-state index in [9.17, 15) is 4.79 Å². The van der Waals surface area contributed by atoms with Crippen molar-refractivity contribution >= 4 is 5.91 Å². The van der Waals surface area contributed by atoms with Crippen LogP contribution in [0.1, 0.15) is 41.7 Å². The summed E-state index contributed by atoms with van der Waals surface area (Å²) in [6.45, 7) is 3.59. The van der Waals surface area contributed by atoms with Gasteiger partial charge in [-0.25, -0.2) is 0 Å². The summed E-state index contributed by atoms with van der Waals surface area (Å²) in [5, 5.41) is 3.13. The fraction of sp³-hybridized carbons (Fsp3) is 0.381. The minimum absolute atomic E-state index is 0.0517. The highest BCUT2D eigenvalue weighted by atomic mass is 16.5. The minimum atomic E-state index is -0.0733. The first-order chi connectivity index (χ1) is 12.1. The minimum Gasteiger partial charge on any atom is -0.494 e. The molecule has 4 heteroatoms. The SMILES string of the molecule is CCCCOc1ccc(C(=O)N[C@@H](CN(C)C)c2ccccc2)cc1. The summed E-state index contributed by atoms with van der Waals surface area (Å²) in [5.41, 5.74) is 1.74. The molecule has 2 aromatic carbocycles. The van der Waals surface area contributed by atoms with Gasteiger partial charge in [0.15, 0.2) is 0 Å². The molecule has 2 rings (SSSR count). The first-order valence-electron chi connectivity index (χ1n) is 8.83. The molecule has 2 aromatic rings. The van der Waals surface area contributed by atoms with Crippen LogP contribution >= 0.6 is 0 Å². The fourth-order valence-corrected chi connectivity index (χ4v) is 2.56. The Balaban J connectivity index is 2.02. The van der Waals surface area contributed by atoms with Crippen molar-refractivity contribution in [2.24, 2.45) is 0 Å². The Morgan fingerprint density at radius 2 is 1.76 bits per heavy atom. The molecule has 0 saturated heterocycles. The lowest BCUT2D eigenvalue weighted by atomic mass is 10.1. The molecular formula is C21H28N2O2. The Morgan fingerprint density at radius 3 is 2.36 bits per heavy atom. The molecule has 0 radical (unpaired) electrons. The van der Waals surface area contributed by atoms with E-state index in [-0.39, 0.29) is 11.9 Å². The highest BCUT2D eigenvalue weighted by Gasteiger charge is 2.16. The van der Waals surface area contributed by atoms with Crippen LogP contribution in [0.25, 0.3) is 0 Å². The lowest BCUT2D eigenvalue weighted by Gasteiger charge is -2.23. The van der Waals surface area contributed by atoms with Gasteiger partial charge >= 0.3 is 0 Å². The van der Waals surface area contributed by atoms with Crippen molar-refractivity contribution in [2.75, 3.05) is 27.2 Å². The topological polar surface area (TPSA) is 41.6 Å². The van der Waals surface area contributed by atoms with Crippen molar-refractivity contribution in [1.82, 2.24) is 10.2 Å². The van der Waals surface area contributed by atoms with E-state index in [0.717, 1.165) is 30.7 Å². The maximum absolute atomic E-state index is 12.6. The molecule has 0 spiro atoms. The number of amides is 1. The molecule has 134 valence electrons. The molecule has 0 bridgehead atoms. The van der Waals surface area contributed by atoms with Crippen molar-refractivity contribution < 1.29 is 9.53 Å². The Bertz CT molecular complexity index is 639. The summed E-state index contributed by atoms with van der Waals surface area (Å²) < 4.78 is 5.65. The van der Waals surface area contributed by atoms with Gasteiger partial charge in [0, 0.05) is 12.1 Å². The van der Waals surface area contributed by atoms with Crippen LogP contribution in [0.5, 0.6) is 5.75 Å². The zero-order valence-corrected chi connectivity index (χ0v) is 15.4. The van der Waals surface area contributed by atoms with E-state index in [1.54, 1.807) is 0 Å². The van der Waals surface area contributed by atoms with Crippen LogP contribution in [0.4, 0.5) is 0 Å². The third-order valence-electron chi connectivity index (χ3n) is 3.94. The van der Waals surface area contributed by atoms with Gasteiger partial charge in [0.05, 0.1) is 12.6 Å². The molecule has 0 aliphatic heterocycles. The zero-order chi connectivity index (χ0) is 18.1. The van der Waals surface area contributed by atoms with Crippen LogP contribution in [-0.2, 0) is 0 Å². The van der Waals surface area contributed by atoms with Crippen LogP contribution in [0, 0.1) is 0 Å². The number of benzene rings is 2. The quantitative estimate of drug-likeness (QED) is 0.704. The van der Waals surface area contributed by atoms with E-state index in [1.165, 1.54) is 0 Å². The van der Waals surface area contributed by atoms with Gasteiger partial charge in [-0.3, -0.25) is 4.79 Å². The first kappa shape index (κ1) is 19.0. The first-order valence-corrected chi connectivity index (χ1v) is 8.83. The average molecular weight is 340 g/mol. The van der Waals surface area contributed by atoms with Crippen molar-refractivity contribution in [3.8, 4) is 5.75 Å². The number of unbranched alkanes of at least 4 members (excludes halogenated alkanes) is 1. The number of hydrogen-bond donors (Lipinski definition) is 1. The molecule has 0 saturated carbocycles. The number of carbonyl (C=O) groups excluding carboxylic acids is 1. The zero-order valence-electron chi connectivity index (χ0n) is 15.4. The molecule has 1 atom stereocenters. The molecule has 4 nitrogen and oxygen atoms in total. The number of rotatable bonds is 9. The van der Waals surface area contributed by atoms with E-state index in [2.05, 4.69) is 17.1 Å². The van der Waals surface area contributed by atoms with Crippen molar-refractivity contribution in [3.63, 3.8) is 0 Å². The predicted octanol–water partition coefficient (Wildman–Crippen LogP) is 3.90. The fourth-order valence-electron chi connectivity index (χ4n) is 2.56. The Hall–Kier alpha value is -2.33. The lowest BCUT2D eigenvalue weighted by Crippen LogP contribution is -2.35. The van der Waals surface area contributed by atoms with Gasteiger partial charge in [0.25, 0.3) is 5.91 Å². The number of hydrogen-bond acceptors (Lipinski definition) is 3. The molecular weight excluding hydrogens is 312 g/mol. The van der Waals surface area contributed by atoms with Crippen molar-refractivity contribution in [2.45, 2.75) is 25.8 Å². The summed E-state index contributed by atoms with van der Waals surface area (Å²) in [7, 11) is 4.01. The van der Waals surface area contributed by atoms with Crippen molar-refractivity contribution in [3.05, 3.63) is 65.7 Å². The number of nitrogens with zero attached hydrogens (tertiary/aromatic N) is 1. The van der Waals surface area contributed by atoms with Crippen molar-refractivity contribution in [1.29, 1.82) is 0 Å². The van der Waals surface area contributed by atoms with Gasteiger partial charge < -0.3 is 15.0 Å². The van der Waals surface area contributed by atoms with Crippen LogP contribution in [0.3, 0.4) is 0 Å². The third kappa shape index (κ3) is 6.24. The third-order valence-corrected chi connectivity index (χ3v) is 3.94. The molecule has 0 heterocycles. The van der Waals surface area contributed by atoms with Gasteiger partial charge in [-0.1, -0.05) is 43.7 Å².